The number of carbonyl (C=O) groups is 1. The Kier molecular flexibility index (Phi) is 7.28. The summed E-state index contributed by atoms with van der Waals surface area (Å²) >= 11 is 0. The summed E-state index contributed by atoms with van der Waals surface area (Å²) in [5, 5.41) is 8.24. The van der Waals surface area contributed by atoms with Crippen LogP contribution in [-0.4, -0.2) is 12.8 Å². The fourth-order valence-corrected chi connectivity index (χ4v) is 5.03. The first-order chi connectivity index (χ1) is 17.3. The number of benzene rings is 4. The molecule has 178 valence electrons. The molecule has 0 spiro atoms. The third-order valence-corrected chi connectivity index (χ3v) is 6.95. The van der Waals surface area contributed by atoms with Gasteiger partial charge in [-0.1, -0.05) is 104 Å². The molecule has 1 saturated carbocycles. The molecule has 1 aliphatic carbocycles. The van der Waals surface area contributed by atoms with E-state index in [-0.39, 0.29) is 18.8 Å². The van der Waals surface area contributed by atoms with E-state index in [2.05, 4.69) is 41.0 Å². The lowest BCUT2D eigenvalue weighted by Gasteiger charge is -2.24. The Bertz CT molecular complexity index is 1250. The summed E-state index contributed by atoms with van der Waals surface area (Å²) in [6.45, 7) is 0.0896. The number of amides is 2. The summed E-state index contributed by atoms with van der Waals surface area (Å²) in [7, 11) is 0. The third-order valence-electron chi connectivity index (χ3n) is 6.95. The molecule has 1 fully saturated rings. The molecule has 2 amide bonds. The Morgan fingerprint density at radius 2 is 1.46 bits per heavy atom. The maximum absolute atomic E-state index is 12.8. The molecule has 4 aromatic carbocycles. The zero-order valence-electron chi connectivity index (χ0n) is 20.0. The molecule has 0 aliphatic heterocycles. The molecule has 1 atom stereocenters. The van der Waals surface area contributed by atoms with Crippen molar-refractivity contribution in [2.24, 2.45) is 0 Å². The van der Waals surface area contributed by atoms with Crippen LogP contribution < -0.4 is 15.4 Å². The Morgan fingerprint density at radius 1 is 0.771 bits per heavy atom. The highest BCUT2D eigenvalue weighted by Gasteiger charge is 2.19. The van der Waals surface area contributed by atoms with Crippen LogP contribution in [0.15, 0.2) is 97.1 Å². The first-order valence-corrected chi connectivity index (χ1v) is 12.6. The molecule has 4 heteroatoms. The molecule has 35 heavy (non-hydrogen) atoms. The van der Waals surface area contributed by atoms with E-state index in [0.717, 1.165) is 27.6 Å². The lowest BCUT2D eigenvalue weighted by Crippen LogP contribution is -2.40. The van der Waals surface area contributed by atoms with Gasteiger partial charge in [0.2, 0.25) is 0 Å². The minimum absolute atomic E-state index is 0.0896. The van der Waals surface area contributed by atoms with Crippen LogP contribution in [0.1, 0.15) is 60.8 Å². The van der Waals surface area contributed by atoms with Crippen molar-refractivity contribution in [2.45, 2.75) is 44.1 Å². The molecular formula is C31H32N2O2. The first kappa shape index (κ1) is 23.0. The van der Waals surface area contributed by atoms with E-state index in [0.29, 0.717) is 5.92 Å². The van der Waals surface area contributed by atoms with Crippen LogP contribution in [0.5, 0.6) is 5.75 Å². The first-order valence-electron chi connectivity index (χ1n) is 12.6. The van der Waals surface area contributed by atoms with Crippen LogP contribution in [0.3, 0.4) is 0 Å². The number of nitrogens with one attached hydrogen (secondary N) is 2. The fourth-order valence-electron chi connectivity index (χ4n) is 5.03. The maximum atomic E-state index is 12.8. The van der Waals surface area contributed by atoms with Crippen molar-refractivity contribution in [3.63, 3.8) is 0 Å². The van der Waals surface area contributed by atoms with E-state index in [1.807, 2.05) is 66.7 Å². The summed E-state index contributed by atoms with van der Waals surface area (Å²) in [4.78, 5) is 12.8. The molecule has 0 bridgehead atoms. The number of hydrogen-bond acceptors (Lipinski definition) is 2. The fraction of sp³-hybridized carbons (Fsp3) is 0.258. The van der Waals surface area contributed by atoms with Crippen LogP contribution in [0, 0.1) is 0 Å². The topological polar surface area (TPSA) is 50.4 Å². The van der Waals surface area contributed by atoms with E-state index in [9.17, 15) is 4.79 Å². The monoisotopic (exact) mass is 464 g/mol. The number of rotatable bonds is 7. The summed E-state index contributed by atoms with van der Waals surface area (Å²) in [6, 6.07) is 32.4. The van der Waals surface area contributed by atoms with E-state index >= 15 is 0 Å². The standard InChI is InChI=1S/C31H32N2O2/c34-31(32-22-35-29-20-19-24-11-7-8-14-28(24)21-29)33-30(26-12-5-2-6-13-26)27-17-15-25(16-18-27)23-9-3-1-4-10-23/h2,5-8,11-21,23,30H,1,3-4,9-10,22H2,(H2,32,33,34). The number of hydrogen-bond donors (Lipinski definition) is 2. The van der Waals surface area contributed by atoms with Gasteiger partial charge in [-0.3, -0.25) is 0 Å². The molecule has 0 heterocycles. The van der Waals surface area contributed by atoms with Crippen molar-refractivity contribution in [3.8, 4) is 5.75 Å². The average Bonchev–Trinajstić information content (AvgIpc) is 2.93. The van der Waals surface area contributed by atoms with Crippen LogP contribution in [0.25, 0.3) is 10.8 Å². The third kappa shape index (κ3) is 5.83. The van der Waals surface area contributed by atoms with Gasteiger partial charge in [0.1, 0.15) is 5.75 Å². The highest BCUT2D eigenvalue weighted by molar-refractivity contribution is 5.83. The minimum atomic E-state index is -0.268. The lowest BCUT2D eigenvalue weighted by atomic mass is 9.83. The largest absolute Gasteiger partial charge is 0.473 e. The lowest BCUT2D eigenvalue weighted by molar-refractivity contribution is 0.222. The maximum Gasteiger partial charge on any atom is 0.318 e. The van der Waals surface area contributed by atoms with Crippen molar-refractivity contribution in [1.29, 1.82) is 0 Å². The van der Waals surface area contributed by atoms with Crippen molar-refractivity contribution in [2.75, 3.05) is 6.73 Å². The van der Waals surface area contributed by atoms with E-state index in [1.54, 1.807) is 0 Å². The summed E-state index contributed by atoms with van der Waals surface area (Å²) in [5.41, 5.74) is 3.53. The Hall–Kier alpha value is -3.79. The molecule has 4 aromatic rings. The Balaban J connectivity index is 1.24. The zero-order valence-corrected chi connectivity index (χ0v) is 20.0. The average molecular weight is 465 g/mol. The van der Waals surface area contributed by atoms with Gasteiger partial charge in [-0.2, -0.15) is 0 Å². The Labute approximate surface area is 207 Å². The van der Waals surface area contributed by atoms with Gasteiger partial charge in [0.05, 0.1) is 6.04 Å². The smallest absolute Gasteiger partial charge is 0.318 e. The predicted molar refractivity (Wildman–Crippen MR) is 142 cm³/mol. The summed E-state index contributed by atoms with van der Waals surface area (Å²) in [6.07, 6.45) is 6.55. The van der Waals surface area contributed by atoms with Crippen molar-refractivity contribution in [1.82, 2.24) is 10.6 Å². The molecule has 0 radical (unpaired) electrons. The summed E-state index contributed by atoms with van der Waals surface area (Å²) in [5.74, 6) is 1.39. The molecular weight excluding hydrogens is 432 g/mol. The highest BCUT2D eigenvalue weighted by atomic mass is 16.5. The molecule has 1 unspecified atom stereocenters. The van der Waals surface area contributed by atoms with Gasteiger partial charge < -0.3 is 15.4 Å². The second kappa shape index (κ2) is 11.1. The number of urea groups is 1. The molecule has 4 nitrogen and oxygen atoms in total. The molecule has 2 N–H and O–H groups in total. The SMILES string of the molecule is O=C(NCOc1ccc2ccccc2c1)NC(c1ccccc1)c1ccc(C2CCCCC2)cc1. The van der Waals surface area contributed by atoms with Gasteiger partial charge in [0, 0.05) is 0 Å². The van der Waals surface area contributed by atoms with Crippen LogP contribution in [0.4, 0.5) is 4.79 Å². The number of fused-ring (bicyclic) bond motifs is 1. The molecule has 0 saturated heterocycles. The second-order valence-corrected chi connectivity index (χ2v) is 9.29. The van der Waals surface area contributed by atoms with Crippen molar-refractivity contribution < 1.29 is 9.53 Å². The van der Waals surface area contributed by atoms with E-state index in [4.69, 9.17) is 4.74 Å². The Morgan fingerprint density at radius 3 is 2.23 bits per heavy atom. The van der Waals surface area contributed by atoms with Crippen LogP contribution in [-0.2, 0) is 0 Å². The van der Waals surface area contributed by atoms with Gasteiger partial charge in [-0.05, 0) is 58.4 Å². The van der Waals surface area contributed by atoms with Gasteiger partial charge >= 0.3 is 6.03 Å². The molecule has 5 rings (SSSR count). The van der Waals surface area contributed by atoms with Crippen molar-refractivity contribution >= 4 is 16.8 Å². The van der Waals surface area contributed by atoms with E-state index < -0.39 is 0 Å². The van der Waals surface area contributed by atoms with E-state index in [1.165, 1.54) is 37.7 Å². The normalized spacial score (nSPS) is 14.9. The van der Waals surface area contributed by atoms with Gasteiger partial charge in [0.25, 0.3) is 0 Å². The van der Waals surface area contributed by atoms with Crippen LogP contribution in [0.2, 0.25) is 0 Å². The van der Waals surface area contributed by atoms with Crippen LogP contribution >= 0.6 is 0 Å². The highest BCUT2D eigenvalue weighted by Crippen LogP contribution is 2.33. The summed E-state index contributed by atoms with van der Waals surface area (Å²) < 4.78 is 5.79. The molecule has 1 aliphatic rings. The number of ether oxygens (including phenoxy) is 1. The van der Waals surface area contributed by atoms with Gasteiger partial charge in [0.15, 0.2) is 6.73 Å². The molecule has 0 aromatic heterocycles. The second-order valence-electron chi connectivity index (χ2n) is 9.29. The van der Waals surface area contributed by atoms with Gasteiger partial charge in [-0.25, -0.2) is 4.79 Å². The van der Waals surface area contributed by atoms with Gasteiger partial charge in [-0.15, -0.1) is 0 Å². The van der Waals surface area contributed by atoms with Crippen molar-refractivity contribution in [3.05, 3.63) is 114 Å². The zero-order chi connectivity index (χ0) is 23.9. The number of carbonyl (C=O) groups excluding carboxylic acids is 1. The predicted octanol–water partition coefficient (Wildman–Crippen LogP) is 7.31. The quantitative estimate of drug-likeness (QED) is 0.282. The minimum Gasteiger partial charge on any atom is -0.473 e.